The van der Waals surface area contributed by atoms with Crippen LogP contribution in [0.25, 0.3) is 0 Å². The highest BCUT2D eigenvalue weighted by Gasteiger charge is 2.35. The molecule has 1 N–H and O–H groups in total. The minimum absolute atomic E-state index is 0.0520. The van der Waals surface area contributed by atoms with Gasteiger partial charge in [0, 0.05) is 31.6 Å². The Hall–Kier alpha value is -4.90. The standard InChI is InChI=1S/C34H36FN3O6S/c1-24-14-17-28(18-15-24)45(41,42)38(30-21-27(43-3)16-19-32(30)44-4)23-33(39)37(22-26-12-8-9-13-29(26)35)31(34(40)36-2)20-25-10-6-5-7-11-25/h5-19,21,31H,20,22-23H2,1-4H3,(H,36,40)/t31-/m1/s1. The SMILES string of the molecule is CNC(=O)[C@@H](Cc1ccccc1)N(Cc1ccccc1F)C(=O)CN(c1cc(OC)ccc1OC)S(=O)(=O)c1ccc(C)cc1. The molecule has 0 saturated carbocycles. The van der Waals surface area contributed by atoms with Crippen molar-refractivity contribution in [2.75, 3.05) is 32.1 Å². The van der Waals surface area contributed by atoms with Crippen molar-refractivity contribution < 1.29 is 31.9 Å². The summed E-state index contributed by atoms with van der Waals surface area (Å²) in [5.74, 6) is -1.28. The number of sulfonamides is 1. The molecule has 2 amide bonds. The molecule has 4 aromatic rings. The lowest BCUT2D eigenvalue weighted by Gasteiger charge is -2.34. The number of methoxy groups -OCH3 is 2. The number of halogens is 1. The van der Waals surface area contributed by atoms with Crippen LogP contribution in [0.1, 0.15) is 16.7 Å². The molecule has 0 aromatic heterocycles. The van der Waals surface area contributed by atoms with Crippen molar-refractivity contribution in [3.63, 3.8) is 0 Å². The van der Waals surface area contributed by atoms with E-state index in [0.717, 1.165) is 15.4 Å². The van der Waals surface area contributed by atoms with Crippen molar-refractivity contribution in [3.05, 3.63) is 120 Å². The molecule has 0 fully saturated rings. The second-order valence-electron chi connectivity index (χ2n) is 10.3. The number of rotatable bonds is 13. The number of anilines is 1. The summed E-state index contributed by atoms with van der Waals surface area (Å²) in [7, 11) is -0.109. The number of nitrogens with one attached hydrogen (secondary N) is 1. The van der Waals surface area contributed by atoms with Gasteiger partial charge in [-0.1, -0.05) is 66.2 Å². The van der Waals surface area contributed by atoms with E-state index < -0.39 is 40.2 Å². The lowest BCUT2D eigenvalue weighted by Crippen LogP contribution is -2.53. The average Bonchev–Trinajstić information content (AvgIpc) is 3.05. The first-order valence-electron chi connectivity index (χ1n) is 14.2. The molecule has 0 aliphatic carbocycles. The Morgan fingerprint density at radius 3 is 2.18 bits per heavy atom. The molecule has 236 valence electrons. The van der Waals surface area contributed by atoms with Crippen LogP contribution in [0.5, 0.6) is 11.5 Å². The first-order chi connectivity index (χ1) is 21.6. The molecule has 1 atom stereocenters. The second-order valence-corrected chi connectivity index (χ2v) is 12.2. The Morgan fingerprint density at radius 2 is 1.56 bits per heavy atom. The van der Waals surface area contributed by atoms with Gasteiger partial charge >= 0.3 is 0 Å². The van der Waals surface area contributed by atoms with Crippen LogP contribution in [0.4, 0.5) is 10.1 Å². The fourth-order valence-corrected chi connectivity index (χ4v) is 6.29. The highest BCUT2D eigenvalue weighted by Crippen LogP contribution is 2.36. The Kier molecular flexibility index (Phi) is 10.8. The van der Waals surface area contributed by atoms with Gasteiger partial charge in [0.2, 0.25) is 11.8 Å². The molecule has 45 heavy (non-hydrogen) atoms. The summed E-state index contributed by atoms with van der Waals surface area (Å²) in [6, 6.07) is 24.7. The minimum atomic E-state index is -4.37. The third-order valence-corrected chi connectivity index (χ3v) is 9.13. The Bertz CT molecular complexity index is 1730. The van der Waals surface area contributed by atoms with E-state index in [2.05, 4.69) is 5.32 Å². The third-order valence-electron chi connectivity index (χ3n) is 7.36. The Labute approximate surface area is 263 Å². The average molecular weight is 634 g/mol. The Morgan fingerprint density at radius 1 is 0.889 bits per heavy atom. The van der Waals surface area contributed by atoms with Crippen LogP contribution >= 0.6 is 0 Å². The molecule has 4 rings (SSSR count). The van der Waals surface area contributed by atoms with Gasteiger partial charge in [-0.25, -0.2) is 12.8 Å². The molecule has 0 aliphatic heterocycles. The van der Waals surface area contributed by atoms with Gasteiger partial charge in [0.1, 0.15) is 29.9 Å². The van der Waals surface area contributed by atoms with Crippen molar-refractivity contribution in [2.45, 2.75) is 30.8 Å². The van der Waals surface area contributed by atoms with Crippen molar-refractivity contribution in [1.82, 2.24) is 10.2 Å². The summed E-state index contributed by atoms with van der Waals surface area (Å²) in [6.45, 7) is 0.815. The van der Waals surface area contributed by atoms with Gasteiger partial charge in [-0.3, -0.25) is 13.9 Å². The largest absolute Gasteiger partial charge is 0.497 e. The van der Waals surface area contributed by atoms with Gasteiger partial charge in [-0.15, -0.1) is 0 Å². The number of carbonyl (C=O) groups is 2. The molecule has 0 saturated heterocycles. The molecule has 0 unspecified atom stereocenters. The van der Waals surface area contributed by atoms with Gasteiger partial charge in [0.15, 0.2) is 0 Å². The van der Waals surface area contributed by atoms with Crippen molar-refractivity contribution >= 4 is 27.5 Å². The fourth-order valence-electron chi connectivity index (χ4n) is 4.87. The zero-order valence-corrected chi connectivity index (χ0v) is 26.4. The normalized spacial score (nSPS) is 11.8. The summed E-state index contributed by atoms with van der Waals surface area (Å²) >= 11 is 0. The van der Waals surface area contributed by atoms with Crippen LogP contribution in [-0.4, -0.2) is 59.0 Å². The van der Waals surface area contributed by atoms with Gasteiger partial charge in [0.25, 0.3) is 10.0 Å². The summed E-state index contributed by atoms with van der Waals surface area (Å²) in [6.07, 6.45) is 0.105. The van der Waals surface area contributed by atoms with Gasteiger partial charge in [-0.05, 0) is 42.8 Å². The number of hydrogen-bond acceptors (Lipinski definition) is 6. The van der Waals surface area contributed by atoms with Crippen LogP contribution in [-0.2, 0) is 32.6 Å². The zero-order chi connectivity index (χ0) is 32.6. The number of aryl methyl sites for hydroxylation is 1. The topological polar surface area (TPSA) is 105 Å². The highest BCUT2D eigenvalue weighted by molar-refractivity contribution is 7.92. The van der Waals surface area contributed by atoms with Crippen molar-refractivity contribution in [3.8, 4) is 11.5 Å². The van der Waals surface area contributed by atoms with E-state index in [1.807, 2.05) is 37.3 Å². The monoisotopic (exact) mass is 633 g/mol. The molecule has 0 spiro atoms. The minimum Gasteiger partial charge on any atom is -0.497 e. The zero-order valence-electron chi connectivity index (χ0n) is 25.6. The number of benzene rings is 4. The van der Waals surface area contributed by atoms with E-state index in [4.69, 9.17) is 9.47 Å². The molecule has 0 heterocycles. The van der Waals surface area contributed by atoms with Crippen LogP contribution in [0.2, 0.25) is 0 Å². The fraction of sp³-hybridized carbons (Fsp3) is 0.235. The lowest BCUT2D eigenvalue weighted by molar-refractivity contribution is -0.139. The molecule has 0 bridgehead atoms. The first-order valence-corrected chi connectivity index (χ1v) is 15.6. The van der Waals surface area contributed by atoms with E-state index >= 15 is 0 Å². The van der Waals surface area contributed by atoms with Crippen LogP contribution < -0.4 is 19.1 Å². The molecule has 0 radical (unpaired) electrons. The summed E-state index contributed by atoms with van der Waals surface area (Å²) < 4.78 is 55.3. The molecule has 9 nitrogen and oxygen atoms in total. The van der Waals surface area contributed by atoms with E-state index in [1.165, 1.54) is 68.6 Å². The van der Waals surface area contributed by atoms with E-state index in [-0.39, 0.29) is 34.9 Å². The highest BCUT2D eigenvalue weighted by atomic mass is 32.2. The smallest absolute Gasteiger partial charge is 0.264 e. The molecular weight excluding hydrogens is 597 g/mol. The number of amides is 2. The van der Waals surface area contributed by atoms with Crippen molar-refractivity contribution in [2.24, 2.45) is 0 Å². The van der Waals surface area contributed by atoms with Gasteiger partial charge in [-0.2, -0.15) is 0 Å². The number of carbonyl (C=O) groups excluding carboxylic acids is 2. The predicted octanol–water partition coefficient (Wildman–Crippen LogP) is 4.73. The van der Waals surface area contributed by atoms with Gasteiger partial charge in [0.05, 0.1) is 24.8 Å². The molecular formula is C34H36FN3O6S. The number of nitrogens with zero attached hydrogens (tertiary/aromatic N) is 2. The second kappa shape index (κ2) is 14.7. The lowest BCUT2D eigenvalue weighted by atomic mass is 10.0. The maximum absolute atomic E-state index is 15.0. The molecule has 4 aromatic carbocycles. The maximum atomic E-state index is 15.0. The maximum Gasteiger partial charge on any atom is 0.264 e. The number of hydrogen-bond donors (Lipinski definition) is 1. The van der Waals surface area contributed by atoms with Crippen LogP contribution in [0.15, 0.2) is 102 Å². The van der Waals surface area contributed by atoms with Crippen molar-refractivity contribution in [1.29, 1.82) is 0 Å². The third kappa shape index (κ3) is 7.79. The summed E-state index contributed by atoms with van der Waals surface area (Å²) in [5.41, 5.74) is 1.83. The first kappa shape index (κ1) is 33.0. The molecule has 11 heteroatoms. The number of likely N-dealkylation sites (N-methyl/N-ethyl adjacent to an activating group) is 1. The van der Waals surface area contributed by atoms with Crippen LogP contribution in [0.3, 0.4) is 0 Å². The van der Waals surface area contributed by atoms with E-state index in [1.54, 1.807) is 24.3 Å². The quantitative estimate of drug-likeness (QED) is 0.228. The summed E-state index contributed by atoms with van der Waals surface area (Å²) in [5, 5.41) is 2.61. The van der Waals surface area contributed by atoms with E-state index in [9.17, 15) is 22.4 Å². The van der Waals surface area contributed by atoms with Gasteiger partial charge < -0.3 is 19.7 Å². The molecule has 0 aliphatic rings. The van der Waals surface area contributed by atoms with Crippen LogP contribution in [0, 0.1) is 12.7 Å². The number of ether oxygens (including phenoxy) is 2. The summed E-state index contributed by atoms with van der Waals surface area (Å²) in [4.78, 5) is 28.9. The van der Waals surface area contributed by atoms with E-state index in [0.29, 0.717) is 5.75 Å². The Balaban J connectivity index is 1.86. The predicted molar refractivity (Wildman–Crippen MR) is 170 cm³/mol.